The van der Waals surface area contributed by atoms with Gasteiger partial charge in [0.25, 0.3) is 0 Å². The van der Waals surface area contributed by atoms with Crippen molar-refractivity contribution >= 4 is 5.78 Å². The van der Waals surface area contributed by atoms with Gasteiger partial charge in [0.2, 0.25) is 0 Å². The standard InChI is InChI=1S/C27H26FNO2/c28-22-14-12-20(13-15-22)25(30)10-6-17-29-18-16-27(21-7-2-1-3-8-21)24(19-29)23-9-4-5-11-26(23)31-27/h1-5,7-9,11-15,24H,6,10,16-19H2/t24-,27+/m0/s1. The molecule has 0 unspecified atom stereocenters. The summed E-state index contributed by atoms with van der Waals surface area (Å²) in [6.45, 7) is 2.72. The second kappa shape index (κ2) is 8.27. The van der Waals surface area contributed by atoms with Crippen LogP contribution in [0.25, 0.3) is 0 Å². The fraction of sp³-hybridized carbons (Fsp3) is 0.296. The van der Waals surface area contributed by atoms with Crippen LogP contribution in [0.1, 0.15) is 46.7 Å². The molecule has 158 valence electrons. The van der Waals surface area contributed by atoms with E-state index in [1.54, 1.807) is 12.1 Å². The monoisotopic (exact) mass is 415 g/mol. The lowest BCUT2D eigenvalue weighted by Crippen LogP contribution is -2.49. The Morgan fingerprint density at radius 2 is 1.74 bits per heavy atom. The molecule has 2 heterocycles. The van der Waals surface area contributed by atoms with Crippen molar-refractivity contribution in [2.24, 2.45) is 0 Å². The maximum Gasteiger partial charge on any atom is 0.162 e. The number of para-hydroxylation sites is 1. The summed E-state index contributed by atoms with van der Waals surface area (Å²) in [5, 5.41) is 0. The molecule has 0 aromatic heterocycles. The van der Waals surface area contributed by atoms with Crippen molar-refractivity contribution in [1.82, 2.24) is 4.90 Å². The van der Waals surface area contributed by atoms with Gasteiger partial charge in [-0.2, -0.15) is 0 Å². The number of benzene rings is 3. The Morgan fingerprint density at radius 1 is 1.00 bits per heavy atom. The number of rotatable bonds is 6. The average molecular weight is 416 g/mol. The summed E-state index contributed by atoms with van der Waals surface area (Å²) >= 11 is 0. The van der Waals surface area contributed by atoms with E-state index in [9.17, 15) is 9.18 Å². The van der Waals surface area contributed by atoms with Crippen molar-refractivity contribution in [2.75, 3.05) is 19.6 Å². The van der Waals surface area contributed by atoms with Crippen molar-refractivity contribution < 1.29 is 13.9 Å². The highest BCUT2D eigenvalue weighted by molar-refractivity contribution is 5.95. The third-order valence-corrected chi connectivity index (χ3v) is 6.70. The van der Waals surface area contributed by atoms with E-state index in [4.69, 9.17) is 4.74 Å². The molecule has 1 fully saturated rings. The predicted octanol–water partition coefficient (Wildman–Crippen LogP) is 5.57. The van der Waals surface area contributed by atoms with E-state index in [1.165, 1.54) is 23.3 Å². The second-order valence-corrected chi connectivity index (χ2v) is 8.53. The van der Waals surface area contributed by atoms with Crippen LogP contribution in [-0.4, -0.2) is 30.3 Å². The molecule has 2 aliphatic heterocycles. The minimum atomic E-state index is -0.314. The molecule has 31 heavy (non-hydrogen) atoms. The van der Waals surface area contributed by atoms with E-state index in [0.29, 0.717) is 12.0 Å². The van der Waals surface area contributed by atoms with Gasteiger partial charge >= 0.3 is 0 Å². The Morgan fingerprint density at radius 3 is 2.55 bits per heavy atom. The van der Waals surface area contributed by atoms with Gasteiger partial charge in [-0.3, -0.25) is 4.79 Å². The zero-order chi connectivity index (χ0) is 21.3. The number of likely N-dealkylation sites (tertiary alicyclic amines) is 1. The normalized spacial score (nSPS) is 22.4. The SMILES string of the molecule is O=C(CCCN1CC[C@]2(c3ccccc3)Oc3ccccc3[C@@H]2C1)c1ccc(F)cc1. The molecule has 0 amide bonds. The van der Waals surface area contributed by atoms with Crippen LogP contribution in [0.4, 0.5) is 4.39 Å². The summed E-state index contributed by atoms with van der Waals surface area (Å²) in [5.74, 6) is 1.02. The number of nitrogens with zero attached hydrogens (tertiary/aromatic N) is 1. The highest BCUT2D eigenvalue weighted by atomic mass is 19.1. The Balaban J connectivity index is 1.28. The molecule has 0 spiro atoms. The first-order valence-corrected chi connectivity index (χ1v) is 11.0. The molecular formula is C27H26FNO2. The molecule has 0 radical (unpaired) electrons. The zero-order valence-corrected chi connectivity index (χ0v) is 17.5. The maximum atomic E-state index is 13.1. The molecule has 0 saturated carbocycles. The molecule has 3 aromatic carbocycles. The maximum absolute atomic E-state index is 13.1. The summed E-state index contributed by atoms with van der Waals surface area (Å²) in [6, 6.07) is 24.8. The molecule has 2 atom stereocenters. The molecule has 1 saturated heterocycles. The van der Waals surface area contributed by atoms with Gasteiger partial charge in [0.05, 0.1) is 0 Å². The number of carbonyl (C=O) groups is 1. The lowest BCUT2D eigenvalue weighted by molar-refractivity contribution is -0.000482. The molecule has 5 rings (SSSR count). The van der Waals surface area contributed by atoms with Gasteiger partial charge in [-0.15, -0.1) is 0 Å². The van der Waals surface area contributed by atoms with Crippen LogP contribution in [0.2, 0.25) is 0 Å². The van der Waals surface area contributed by atoms with Crippen LogP contribution in [0.5, 0.6) is 5.75 Å². The van der Waals surface area contributed by atoms with Crippen LogP contribution in [0.3, 0.4) is 0 Å². The van der Waals surface area contributed by atoms with Gasteiger partial charge in [0, 0.05) is 43.0 Å². The third-order valence-electron chi connectivity index (χ3n) is 6.70. The predicted molar refractivity (Wildman–Crippen MR) is 119 cm³/mol. The van der Waals surface area contributed by atoms with E-state index in [1.807, 2.05) is 12.1 Å². The molecule has 0 aliphatic carbocycles. The van der Waals surface area contributed by atoms with Crippen molar-refractivity contribution in [1.29, 1.82) is 0 Å². The highest BCUT2D eigenvalue weighted by Crippen LogP contribution is 2.54. The van der Waals surface area contributed by atoms with E-state index >= 15 is 0 Å². The number of fused-ring (bicyclic) bond motifs is 3. The Bertz CT molecular complexity index is 1070. The van der Waals surface area contributed by atoms with E-state index in [-0.39, 0.29) is 23.1 Å². The van der Waals surface area contributed by atoms with Crippen LogP contribution in [0, 0.1) is 5.82 Å². The van der Waals surface area contributed by atoms with Crippen LogP contribution in [0.15, 0.2) is 78.9 Å². The highest BCUT2D eigenvalue weighted by Gasteiger charge is 2.52. The van der Waals surface area contributed by atoms with E-state index in [0.717, 1.165) is 38.2 Å². The van der Waals surface area contributed by atoms with E-state index < -0.39 is 0 Å². The number of ketones is 1. The average Bonchev–Trinajstić information content (AvgIpc) is 3.15. The van der Waals surface area contributed by atoms with Crippen molar-refractivity contribution in [3.63, 3.8) is 0 Å². The Kier molecular flexibility index (Phi) is 5.33. The number of Topliss-reactive ketones (excluding diaryl/α,β-unsaturated/α-hetero) is 1. The summed E-state index contributed by atoms with van der Waals surface area (Å²) in [5.41, 5.74) is 2.79. The number of ether oxygens (including phenoxy) is 1. The van der Waals surface area contributed by atoms with E-state index in [2.05, 4.69) is 47.4 Å². The fourth-order valence-electron chi connectivity index (χ4n) is 5.10. The topological polar surface area (TPSA) is 29.5 Å². The molecule has 4 heteroatoms. The first-order chi connectivity index (χ1) is 15.2. The summed E-state index contributed by atoms with van der Waals surface area (Å²) in [6.07, 6.45) is 2.19. The second-order valence-electron chi connectivity index (χ2n) is 8.53. The Labute approximate surface area is 182 Å². The quantitative estimate of drug-likeness (QED) is 0.493. The van der Waals surface area contributed by atoms with Crippen molar-refractivity contribution in [2.45, 2.75) is 30.8 Å². The molecule has 3 aromatic rings. The number of carbonyl (C=O) groups excluding carboxylic acids is 1. The van der Waals surface area contributed by atoms with Crippen LogP contribution < -0.4 is 4.74 Å². The zero-order valence-electron chi connectivity index (χ0n) is 17.5. The number of halogens is 1. The van der Waals surface area contributed by atoms with Crippen LogP contribution in [-0.2, 0) is 5.60 Å². The number of hydrogen-bond acceptors (Lipinski definition) is 3. The van der Waals surface area contributed by atoms with Gasteiger partial charge in [-0.25, -0.2) is 4.39 Å². The van der Waals surface area contributed by atoms with Crippen molar-refractivity contribution in [3.8, 4) is 5.75 Å². The van der Waals surface area contributed by atoms with Gasteiger partial charge in [-0.1, -0.05) is 48.5 Å². The molecule has 0 bridgehead atoms. The summed E-state index contributed by atoms with van der Waals surface area (Å²) < 4.78 is 19.7. The number of piperidine rings is 1. The third kappa shape index (κ3) is 3.77. The largest absolute Gasteiger partial charge is 0.482 e. The first-order valence-electron chi connectivity index (χ1n) is 11.0. The van der Waals surface area contributed by atoms with Gasteiger partial charge < -0.3 is 9.64 Å². The van der Waals surface area contributed by atoms with Crippen LogP contribution >= 0.6 is 0 Å². The fourth-order valence-corrected chi connectivity index (χ4v) is 5.10. The molecule has 2 aliphatic rings. The minimum Gasteiger partial charge on any atom is -0.482 e. The van der Waals surface area contributed by atoms with Gasteiger partial charge in [-0.05, 0) is 48.9 Å². The molecular weight excluding hydrogens is 389 g/mol. The molecule has 3 nitrogen and oxygen atoms in total. The lowest BCUT2D eigenvalue weighted by atomic mass is 9.74. The molecule has 0 N–H and O–H groups in total. The smallest absolute Gasteiger partial charge is 0.162 e. The van der Waals surface area contributed by atoms with Gasteiger partial charge in [0.15, 0.2) is 5.78 Å². The summed E-state index contributed by atoms with van der Waals surface area (Å²) in [4.78, 5) is 14.9. The lowest BCUT2D eigenvalue weighted by Gasteiger charge is -2.43. The summed E-state index contributed by atoms with van der Waals surface area (Å²) in [7, 11) is 0. The Hall–Kier alpha value is -2.98. The van der Waals surface area contributed by atoms with Crippen molar-refractivity contribution in [3.05, 3.63) is 101 Å². The minimum absolute atomic E-state index is 0.0742. The number of hydrogen-bond donors (Lipinski definition) is 0. The first kappa shape index (κ1) is 20.0. The van der Waals surface area contributed by atoms with Gasteiger partial charge in [0.1, 0.15) is 17.2 Å².